The molecule has 150 valence electrons. The van der Waals surface area contributed by atoms with Gasteiger partial charge in [-0.05, 0) is 49.4 Å². The summed E-state index contributed by atoms with van der Waals surface area (Å²) in [5, 5.41) is 2.62. The van der Waals surface area contributed by atoms with Crippen LogP contribution < -0.4 is 14.8 Å². The van der Waals surface area contributed by atoms with Crippen molar-refractivity contribution in [2.75, 3.05) is 32.5 Å². The van der Waals surface area contributed by atoms with E-state index in [1.54, 1.807) is 21.0 Å². The van der Waals surface area contributed by atoms with Crippen molar-refractivity contribution in [2.45, 2.75) is 11.8 Å². The molecule has 2 N–H and O–H groups in total. The molecule has 0 spiro atoms. The minimum atomic E-state index is -3.94. The number of nitrogens with zero attached hydrogens (tertiary/aromatic N) is 1. The SMILES string of the molecule is CCNC(=O)c1cc(S(=O)(=O)Nc2ccc(C(=O)N(C)C)cc2)ccc1OC. The maximum atomic E-state index is 12.7. The normalized spacial score (nSPS) is 10.9. The van der Waals surface area contributed by atoms with E-state index in [4.69, 9.17) is 4.74 Å². The van der Waals surface area contributed by atoms with Crippen LogP contribution in [-0.2, 0) is 10.0 Å². The molecule has 0 aromatic heterocycles. The van der Waals surface area contributed by atoms with Gasteiger partial charge in [0.15, 0.2) is 0 Å². The third-order valence-electron chi connectivity index (χ3n) is 3.85. The molecule has 0 saturated carbocycles. The summed E-state index contributed by atoms with van der Waals surface area (Å²) < 4.78 is 33.0. The number of amides is 2. The second-order valence-corrected chi connectivity index (χ2v) is 7.79. The van der Waals surface area contributed by atoms with E-state index in [-0.39, 0.29) is 22.1 Å². The lowest BCUT2D eigenvalue weighted by molar-refractivity contribution is 0.0827. The fourth-order valence-electron chi connectivity index (χ4n) is 2.44. The summed E-state index contributed by atoms with van der Waals surface area (Å²) >= 11 is 0. The summed E-state index contributed by atoms with van der Waals surface area (Å²) in [5.41, 5.74) is 0.862. The van der Waals surface area contributed by atoms with Crippen molar-refractivity contribution < 1.29 is 22.7 Å². The molecular formula is C19H23N3O5S. The number of nitrogens with one attached hydrogen (secondary N) is 2. The van der Waals surface area contributed by atoms with Crippen LogP contribution in [0.25, 0.3) is 0 Å². The van der Waals surface area contributed by atoms with Crippen molar-refractivity contribution in [3.8, 4) is 5.75 Å². The minimum Gasteiger partial charge on any atom is -0.496 e. The highest BCUT2D eigenvalue weighted by atomic mass is 32.2. The van der Waals surface area contributed by atoms with E-state index in [0.717, 1.165) is 0 Å². The van der Waals surface area contributed by atoms with Gasteiger partial charge in [-0.25, -0.2) is 8.42 Å². The highest BCUT2D eigenvalue weighted by Crippen LogP contribution is 2.24. The fraction of sp³-hybridized carbons (Fsp3) is 0.263. The lowest BCUT2D eigenvalue weighted by atomic mass is 10.2. The largest absolute Gasteiger partial charge is 0.496 e. The second-order valence-electron chi connectivity index (χ2n) is 6.10. The Morgan fingerprint density at radius 2 is 1.71 bits per heavy atom. The molecule has 2 aromatic carbocycles. The third-order valence-corrected chi connectivity index (χ3v) is 5.23. The Morgan fingerprint density at radius 1 is 1.07 bits per heavy atom. The van der Waals surface area contributed by atoms with Crippen LogP contribution in [0, 0.1) is 0 Å². The molecule has 2 aromatic rings. The molecule has 2 rings (SSSR count). The number of rotatable bonds is 7. The molecule has 0 fully saturated rings. The number of benzene rings is 2. The van der Waals surface area contributed by atoms with Gasteiger partial charge in [0, 0.05) is 31.9 Å². The molecule has 8 nitrogen and oxygen atoms in total. The first-order valence-corrected chi connectivity index (χ1v) is 9.98. The molecule has 0 atom stereocenters. The van der Waals surface area contributed by atoms with Gasteiger partial charge in [-0.2, -0.15) is 0 Å². The van der Waals surface area contributed by atoms with E-state index in [0.29, 0.717) is 17.8 Å². The molecule has 0 aliphatic rings. The fourth-order valence-corrected chi connectivity index (χ4v) is 3.53. The van der Waals surface area contributed by atoms with Crippen molar-refractivity contribution in [2.24, 2.45) is 0 Å². The number of carbonyl (C=O) groups is 2. The van der Waals surface area contributed by atoms with Gasteiger partial charge in [0.05, 0.1) is 17.6 Å². The smallest absolute Gasteiger partial charge is 0.261 e. The van der Waals surface area contributed by atoms with E-state index in [2.05, 4.69) is 10.0 Å². The van der Waals surface area contributed by atoms with Crippen molar-refractivity contribution in [3.63, 3.8) is 0 Å². The highest BCUT2D eigenvalue weighted by Gasteiger charge is 2.20. The average molecular weight is 405 g/mol. The average Bonchev–Trinajstić information content (AvgIpc) is 2.67. The molecule has 28 heavy (non-hydrogen) atoms. The van der Waals surface area contributed by atoms with Crippen LogP contribution in [0.1, 0.15) is 27.6 Å². The van der Waals surface area contributed by atoms with Gasteiger partial charge in [-0.3, -0.25) is 14.3 Å². The Hall–Kier alpha value is -3.07. The first-order valence-electron chi connectivity index (χ1n) is 8.50. The quantitative estimate of drug-likeness (QED) is 0.733. The van der Waals surface area contributed by atoms with Crippen LogP contribution in [0.2, 0.25) is 0 Å². The van der Waals surface area contributed by atoms with Gasteiger partial charge in [-0.1, -0.05) is 0 Å². The molecule has 0 saturated heterocycles. The van der Waals surface area contributed by atoms with Gasteiger partial charge < -0.3 is 15.0 Å². The first-order chi connectivity index (χ1) is 13.2. The summed E-state index contributed by atoms with van der Waals surface area (Å²) in [6, 6.07) is 10.1. The second kappa shape index (κ2) is 8.75. The van der Waals surface area contributed by atoms with Crippen molar-refractivity contribution >= 4 is 27.5 Å². The lowest BCUT2D eigenvalue weighted by Gasteiger charge is -2.13. The number of anilines is 1. The molecule has 0 heterocycles. The van der Waals surface area contributed by atoms with Crippen LogP contribution in [0.4, 0.5) is 5.69 Å². The molecule has 9 heteroatoms. The van der Waals surface area contributed by atoms with Crippen LogP contribution in [-0.4, -0.2) is 52.9 Å². The topological polar surface area (TPSA) is 105 Å². The molecule has 0 aliphatic carbocycles. The predicted octanol–water partition coefficient (Wildman–Crippen LogP) is 1.95. The third kappa shape index (κ3) is 4.80. The van der Waals surface area contributed by atoms with Gasteiger partial charge in [0.1, 0.15) is 5.75 Å². The maximum Gasteiger partial charge on any atom is 0.261 e. The zero-order valence-electron chi connectivity index (χ0n) is 16.1. The van der Waals surface area contributed by atoms with Gasteiger partial charge >= 0.3 is 0 Å². The zero-order chi connectivity index (χ0) is 20.9. The summed E-state index contributed by atoms with van der Waals surface area (Å²) in [4.78, 5) is 25.4. The number of hydrogen-bond acceptors (Lipinski definition) is 5. The highest BCUT2D eigenvalue weighted by molar-refractivity contribution is 7.92. The van der Waals surface area contributed by atoms with Crippen molar-refractivity contribution in [1.82, 2.24) is 10.2 Å². The van der Waals surface area contributed by atoms with E-state index in [1.807, 2.05) is 0 Å². The van der Waals surface area contributed by atoms with E-state index < -0.39 is 15.9 Å². The number of carbonyl (C=O) groups excluding carboxylic acids is 2. The van der Waals surface area contributed by atoms with Crippen molar-refractivity contribution in [1.29, 1.82) is 0 Å². The summed E-state index contributed by atoms with van der Waals surface area (Å²) in [5.74, 6) is -0.337. The lowest BCUT2D eigenvalue weighted by Crippen LogP contribution is -2.24. The molecule has 0 bridgehead atoms. The number of hydrogen-bond donors (Lipinski definition) is 2. The molecule has 0 unspecified atom stereocenters. The number of ether oxygens (including phenoxy) is 1. The van der Waals surface area contributed by atoms with Crippen LogP contribution in [0.15, 0.2) is 47.4 Å². The summed E-state index contributed by atoms with van der Waals surface area (Å²) in [6.45, 7) is 2.16. The van der Waals surface area contributed by atoms with E-state index in [9.17, 15) is 18.0 Å². The Labute approximate surface area is 164 Å². The minimum absolute atomic E-state index is 0.0806. The Morgan fingerprint density at radius 3 is 2.25 bits per heavy atom. The van der Waals surface area contributed by atoms with E-state index >= 15 is 0 Å². The Balaban J connectivity index is 2.30. The van der Waals surface area contributed by atoms with Crippen LogP contribution >= 0.6 is 0 Å². The molecule has 2 amide bonds. The zero-order valence-corrected chi connectivity index (χ0v) is 17.0. The Bertz CT molecular complexity index is 970. The standard InChI is InChI=1S/C19H23N3O5S/c1-5-20-18(23)16-12-15(10-11-17(16)27-4)28(25,26)21-14-8-6-13(7-9-14)19(24)22(2)3/h6-12,21H,5H2,1-4H3,(H,20,23). The summed E-state index contributed by atoms with van der Waals surface area (Å²) in [6.07, 6.45) is 0. The van der Waals surface area contributed by atoms with Crippen LogP contribution in [0.5, 0.6) is 5.75 Å². The predicted molar refractivity (Wildman–Crippen MR) is 106 cm³/mol. The van der Waals surface area contributed by atoms with E-state index in [1.165, 1.54) is 54.5 Å². The molecule has 0 radical (unpaired) electrons. The first kappa shape index (κ1) is 21.2. The van der Waals surface area contributed by atoms with Gasteiger partial charge in [-0.15, -0.1) is 0 Å². The molecule has 0 aliphatic heterocycles. The van der Waals surface area contributed by atoms with Gasteiger partial charge in [0.2, 0.25) is 0 Å². The van der Waals surface area contributed by atoms with Crippen LogP contribution in [0.3, 0.4) is 0 Å². The molecular weight excluding hydrogens is 382 g/mol. The summed E-state index contributed by atoms with van der Waals surface area (Å²) in [7, 11) is 0.732. The van der Waals surface area contributed by atoms with Crippen molar-refractivity contribution in [3.05, 3.63) is 53.6 Å². The number of sulfonamides is 1. The maximum absolute atomic E-state index is 12.7. The Kier molecular flexibility index (Phi) is 6.63. The monoisotopic (exact) mass is 405 g/mol. The van der Waals surface area contributed by atoms with Gasteiger partial charge in [0.25, 0.3) is 21.8 Å². The number of methoxy groups -OCH3 is 1.